The molecule has 1 aromatic carbocycles. The number of nitrogens with one attached hydrogen (secondary N) is 1. The minimum absolute atomic E-state index is 0.0654. The molecule has 0 fully saturated rings. The van der Waals surface area contributed by atoms with Gasteiger partial charge in [0.25, 0.3) is 11.1 Å². The summed E-state index contributed by atoms with van der Waals surface area (Å²) in [6.45, 7) is 5.01. The van der Waals surface area contributed by atoms with Crippen molar-refractivity contribution in [3.8, 4) is 0 Å². The van der Waals surface area contributed by atoms with Crippen LogP contribution in [0.15, 0.2) is 69.1 Å². The van der Waals surface area contributed by atoms with Gasteiger partial charge < -0.3 is 10.6 Å². The summed E-state index contributed by atoms with van der Waals surface area (Å²) in [5.74, 6) is 0.418. The molecule has 3 N–H and O–H groups in total. The number of aromatic nitrogens is 4. The van der Waals surface area contributed by atoms with Crippen molar-refractivity contribution in [3.05, 3.63) is 102 Å². The lowest BCUT2D eigenvalue weighted by Crippen LogP contribution is -2.39. The quantitative estimate of drug-likeness (QED) is 0.389. The second-order valence-corrected chi connectivity index (χ2v) is 9.27. The first-order chi connectivity index (χ1) is 16.7. The van der Waals surface area contributed by atoms with Crippen LogP contribution in [0.3, 0.4) is 0 Å². The highest BCUT2D eigenvalue weighted by molar-refractivity contribution is 6.30. The van der Waals surface area contributed by atoms with Gasteiger partial charge in [-0.15, -0.1) is 0 Å². The first kappa shape index (κ1) is 24.3. The summed E-state index contributed by atoms with van der Waals surface area (Å²) < 4.78 is 2.71. The lowest BCUT2D eigenvalue weighted by molar-refractivity contribution is 0.567. The van der Waals surface area contributed by atoms with Crippen LogP contribution >= 0.6 is 11.6 Å². The van der Waals surface area contributed by atoms with Crippen molar-refractivity contribution < 1.29 is 0 Å². The Balaban J connectivity index is 1.78. The molecule has 0 aliphatic heterocycles. The first-order valence-corrected chi connectivity index (χ1v) is 11.7. The zero-order valence-corrected chi connectivity index (χ0v) is 20.3. The van der Waals surface area contributed by atoms with Crippen LogP contribution in [0.5, 0.6) is 0 Å². The van der Waals surface area contributed by atoms with Crippen LogP contribution in [0, 0.1) is 5.92 Å². The first-order valence-electron chi connectivity index (χ1n) is 11.3. The Bertz CT molecular complexity index is 1520. The fraction of sp³-hybridized carbons (Fsp3) is 0.280. The lowest BCUT2D eigenvalue weighted by Gasteiger charge is -2.27. The zero-order valence-electron chi connectivity index (χ0n) is 19.6. The molecule has 10 heteroatoms. The molecule has 182 valence electrons. The lowest BCUT2D eigenvalue weighted by atomic mass is 10.1. The number of rotatable bonds is 8. The Morgan fingerprint density at radius 2 is 1.86 bits per heavy atom. The van der Waals surface area contributed by atoms with Gasteiger partial charge in [-0.25, -0.2) is 9.78 Å². The maximum atomic E-state index is 13.0. The van der Waals surface area contributed by atoms with E-state index in [1.165, 1.54) is 21.2 Å². The Labute approximate surface area is 206 Å². The highest BCUT2D eigenvalue weighted by Gasteiger charge is 2.21. The van der Waals surface area contributed by atoms with Gasteiger partial charge in [0, 0.05) is 18.8 Å². The molecule has 3 aromatic heterocycles. The Kier molecular flexibility index (Phi) is 7.07. The molecule has 0 bridgehead atoms. The number of H-pyrrole nitrogens is 1. The standard InChI is InChI=1S/C25H27ClN6O3/c1-16(2)10-11-30(15-19-12-21(33)31-14-18(26)8-9-20(31)28-19)22-23(27)32(25(35)29-24(22)34)13-17-6-4-3-5-7-17/h3-9,12,14,16H,10-11,13,15,27H2,1-2H3,(H,29,34,35). The third kappa shape index (κ3) is 5.46. The molecular formula is C25H27ClN6O3. The fourth-order valence-electron chi connectivity index (χ4n) is 3.89. The fourth-order valence-corrected chi connectivity index (χ4v) is 4.05. The average Bonchev–Trinajstić information content (AvgIpc) is 2.81. The number of hydrogen-bond acceptors (Lipinski definition) is 6. The number of nitrogens with zero attached hydrogens (tertiary/aromatic N) is 4. The molecule has 0 aliphatic carbocycles. The zero-order chi connectivity index (χ0) is 25.1. The van der Waals surface area contributed by atoms with E-state index in [9.17, 15) is 14.4 Å². The minimum Gasteiger partial charge on any atom is -0.383 e. The molecule has 0 aliphatic rings. The molecule has 0 spiro atoms. The van der Waals surface area contributed by atoms with Crippen LogP contribution in [0.1, 0.15) is 31.5 Å². The van der Waals surface area contributed by atoms with Crippen molar-refractivity contribution >= 4 is 28.8 Å². The minimum atomic E-state index is -0.581. The predicted molar refractivity (Wildman–Crippen MR) is 138 cm³/mol. The normalized spacial score (nSPS) is 11.3. The Morgan fingerprint density at radius 1 is 1.11 bits per heavy atom. The molecule has 0 unspecified atom stereocenters. The predicted octanol–water partition coefficient (Wildman–Crippen LogP) is 2.88. The highest BCUT2D eigenvalue weighted by Crippen LogP contribution is 2.21. The van der Waals surface area contributed by atoms with E-state index >= 15 is 0 Å². The third-order valence-electron chi connectivity index (χ3n) is 5.72. The highest BCUT2D eigenvalue weighted by atomic mass is 35.5. The van der Waals surface area contributed by atoms with E-state index in [1.807, 2.05) is 30.3 Å². The SMILES string of the molecule is CC(C)CCN(Cc1cc(=O)n2cc(Cl)ccc2n1)c1c(N)n(Cc2ccccc2)c(=O)[nH]c1=O. The number of pyridine rings is 1. The number of aromatic amines is 1. The van der Waals surface area contributed by atoms with E-state index in [0.29, 0.717) is 28.8 Å². The van der Waals surface area contributed by atoms with Gasteiger partial charge in [-0.2, -0.15) is 0 Å². The Hall–Kier alpha value is -3.85. The average molecular weight is 495 g/mol. The second-order valence-electron chi connectivity index (χ2n) is 8.83. The van der Waals surface area contributed by atoms with Crippen LogP contribution in [-0.4, -0.2) is 25.5 Å². The Morgan fingerprint density at radius 3 is 2.57 bits per heavy atom. The molecule has 35 heavy (non-hydrogen) atoms. The molecule has 0 saturated heterocycles. The van der Waals surface area contributed by atoms with Gasteiger partial charge in [0.1, 0.15) is 17.2 Å². The summed E-state index contributed by atoms with van der Waals surface area (Å²) in [5, 5.41) is 0.424. The molecule has 9 nitrogen and oxygen atoms in total. The summed E-state index contributed by atoms with van der Waals surface area (Å²) in [6, 6.07) is 14.1. The molecule has 0 radical (unpaired) electrons. The molecule has 4 rings (SSSR count). The number of anilines is 2. The third-order valence-corrected chi connectivity index (χ3v) is 5.94. The second kappa shape index (κ2) is 10.2. The van der Waals surface area contributed by atoms with Gasteiger partial charge in [-0.1, -0.05) is 55.8 Å². The smallest absolute Gasteiger partial charge is 0.330 e. The summed E-state index contributed by atoms with van der Waals surface area (Å²) >= 11 is 6.01. The largest absolute Gasteiger partial charge is 0.383 e. The van der Waals surface area contributed by atoms with Gasteiger partial charge >= 0.3 is 5.69 Å². The summed E-state index contributed by atoms with van der Waals surface area (Å²) in [6.07, 6.45) is 2.27. The molecule has 4 aromatic rings. The van der Waals surface area contributed by atoms with E-state index < -0.39 is 11.2 Å². The van der Waals surface area contributed by atoms with E-state index in [4.69, 9.17) is 17.3 Å². The monoisotopic (exact) mass is 494 g/mol. The van der Waals surface area contributed by atoms with E-state index in [1.54, 1.807) is 17.0 Å². The van der Waals surface area contributed by atoms with Crippen LogP contribution < -0.4 is 27.4 Å². The molecule has 0 saturated carbocycles. The molecular weight excluding hydrogens is 468 g/mol. The van der Waals surface area contributed by atoms with E-state index in [2.05, 4.69) is 23.8 Å². The van der Waals surface area contributed by atoms with Gasteiger partial charge in [-0.3, -0.25) is 23.5 Å². The van der Waals surface area contributed by atoms with E-state index in [0.717, 1.165) is 12.0 Å². The van der Waals surface area contributed by atoms with Crippen molar-refractivity contribution in [1.82, 2.24) is 18.9 Å². The van der Waals surface area contributed by atoms with Crippen LogP contribution in [0.25, 0.3) is 5.65 Å². The number of fused-ring (bicyclic) bond motifs is 1. The van der Waals surface area contributed by atoms with Gasteiger partial charge in [-0.05, 0) is 30.0 Å². The number of benzene rings is 1. The van der Waals surface area contributed by atoms with Gasteiger partial charge in [0.15, 0.2) is 0 Å². The number of nitrogen functional groups attached to an aromatic ring is 1. The maximum Gasteiger partial charge on any atom is 0.330 e. The van der Waals surface area contributed by atoms with Crippen molar-refractivity contribution in [2.45, 2.75) is 33.4 Å². The van der Waals surface area contributed by atoms with Crippen molar-refractivity contribution in [1.29, 1.82) is 0 Å². The summed E-state index contributed by atoms with van der Waals surface area (Å²) in [4.78, 5) is 47.0. The number of hydrogen-bond donors (Lipinski definition) is 2. The van der Waals surface area contributed by atoms with Crippen LogP contribution in [0.4, 0.5) is 11.5 Å². The molecule has 0 atom stereocenters. The summed E-state index contributed by atoms with van der Waals surface area (Å²) in [5.41, 5.74) is 6.95. The van der Waals surface area contributed by atoms with Gasteiger partial charge in [0.2, 0.25) is 0 Å². The molecule has 0 amide bonds. The number of nitrogens with two attached hydrogens (primary N) is 1. The number of halogens is 1. The van der Waals surface area contributed by atoms with Crippen molar-refractivity contribution in [2.75, 3.05) is 17.2 Å². The van der Waals surface area contributed by atoms with Crippen LogP contribution in [0.2, 0.25) is 5.02 Å². The van der Waals surface area contributed by atoms with Crippen molar-refractivity contribution in [3.63, 3.8) is 0 Å². The molecule has 3 heterocycles. The summed E-state index contributed by atoms with van der Waals surface area (Å²) in [7, 11) is 0. The topological polar surface area (TPSA) is 118 Å². The maximum absolute atomic E-state index is 13.0. The van der Waals surface area contributed by atoms with E-state index in [-0.39, 0.29) is 30.2 Å². The van der Waals surface area contributed by atoms with Gasteiger partial charge in [0.05, 0.1) is 23.8 Å². The van der Waals surface area contributed by atoms with Crippen molar-refractivity contribution in [2.24, 2.45) is 5.92 Å². The van der Waals surface area contributed by atoms with Crippen LogP contribution in [-0.2, 0) is 13.1 Å².